The Balaban J connectivity index is 1.98. The zero-order chi connectivity index (χ0) is 11.5. The molecule has 86 valence electrons. The Labute approximate surface area is 105 Å². The summed E-state index contributed by atoms with van der Waals surface area (Å²) in [6.07, 6.45) is 2.50. The lowest BCUT2D eigenvalue weighted by Crippen LogP contribution is -2.31. The first-order valence-electron chi connectivity index (χ1n) is 5.73. The zero-order valence-corrected chi connectivity index (χ0v) is 11.0. The largest absolute Gasteiger partial charge is 0.293 e. The molecule has 0 aliphatic heterocycles. The number of likely N-dealkylation sites (N-methyl/N-ethyl adjacent to an activating group) is 1. The van der Waals surface area contributed by atoms with Gasteiger partial charge < -0.3 is 0 Å². The molecular formula is C13H16BrNO. The second kappa shape index (κ2) is 5.11. The van der Waals surface area contributed by atoms with Gasteiger partial charge in [-0.25, -0.2) is 0 Å². The highest BCUT2D eigenvalue weighted by Gasteiger charge is 2.29. The number of halogens is 1. The molecule has 0 saturated heterocycles. The summed E-state index contributed by atoms with van der Waals surface area (Å²) in [4.78, 5) is 14.3. The van der Waals surface area contributed by atoms with Crippen molar-refractivity contribution in [1.29, 1.82) is 0 Å². The van der Waals surface area contributed by atoms with E-state index in [9.17, 15) is 4.79 Å². The molecule has 2 rings (SSSR count). The number of carbonyl (C=O) groups excluding carboxylic acids is 1. The van der Waals surface area contributed by atoms with Crippen LogP contribution in [-0.4, -0.2) is 29.8 Å². The van der Waals surface area contributed by atoms with E-state index in [1.54, 1.807) is 0 Å². The van der Waals surface area contributed by atoms with Crippen molar-refractivity contribution in [2.45, 2.75) is 25.8 Å². The van der Waals surface area contributed by atoms with Gasteiger partial charge in [-0.05, 0) is 31.5 Å². The van der Waals surface area contributed by atoms with Crippen LogP contribution in [-0.2, 0) is 0 Å². The van der Waals surface area contributed by atoms with Gasteiger partial charge >= 0.3 is 0 Å². The van der Waals surface area contributed by atoms with Crippen LogP contribution < -0.4 is 0 Å². The topological polar surface area (TPSA) is 20.3 Å². The number of carbonyl (C=O) groups is 1. The fraction of sp³-hybridized carbons (Fsp3) is 0.462. The van der Waals surface area contributed by atoms with Gasteiger partial charge in [0.15, 0.2) is 5.78 Å². The van der Waals surface area contributed by atoms with Gasteiger partial charge in [-0.2, -0.15) is 0 Å². The molecule has 1 aromatic rings. The Morgan fingerprint density at radius 3 is 2.50 bits per heavy atom. The summed E-state index contributed by atoms with van der Waals surface area (Å²) >= 11 is 3.37. The molecule has 0 amide bonds. The van der Waals surface area contributed by atoms with E-state index in [1.165, 1.54) is 12.8 Å². The van der Waals surface area contributed by atoms with Gasteiger partial charge in [0.2, 0.25) is 0 Å². The molecule has 3 heteroatoms. The maximum absolute atomic E-state index is 12.0. The van der Waals surface area contributed by atoms with Crippen LogP contribution in [0, 0.1) is 0 Å². The average Bonchev–Trinajstić information content (AvgIpc) is 3.10. The standard InChI is InChI=1S/C13H16BrNO/c1-2-15(12-7-8-12)9-13(16)10-3-5-11(14)6-4-10/h3-6,12H,2,7-9H2,1H3. The summed E-state index contributed by atoms with van der Waals surface area (Å²) in [5.41, 5.74) is 0.808. The van der Waals surface area contributed by atoms with Gasteiger partial charge in [-0.15, -0.1) is 0 Å². The molecule has 0 unspecified atom stereocenters. The first-order chi connectivity index (χ1) is 7.70. The van der Waals surface area contributed by atoms with Gasteiger partial charge in [0, 0.05) is 16.1 Å². The minimum atomic E-state index is 0.223. The molecule has 0 bridgehead atoms. The Hall–Kier alpha value is -0.670. The van der Waals surface area contributed by atoms with Gasteiger partial charge in [-0.3, -0.25) is 9.69 Å². The smallest absolute Gasteiger partial charge is 0.176 e. The Morgan fingerprint density at radius 2 is 2.00 bits per heavy atom. The van der Waals surface area contributed by atoms with Crippen molar-refractivity contribution < 1.29 is 4.79 Å². The number of ketones is 1. The van der Waals surface area contributed by atoms with Crippen molar-refractivity contribution in [1.82, 2.24) is 4.90 Å². The van der Waals surface area contributed by atoms with E-state index in [-0.39, 0.29) is 5.78 Å². The van der Waals surface area contributed by atoms with Crippen LogP contribution in [0.15, 0.2) is 28.7 Å². The predicted octanol–water partition coefficient (Wildman–Crippen LogP) is 3.12. The summed E-state index contributed by atoms with van der Waals surface area (Å²) in [6, 6.07) is 8.26. The van der Waals surface area contributed by atoms with E-state index in [1.807, 2.05) is 24.3 Å². The minimum absolute atomic E-state index is 0.223. The third-order valence-electron chi connectivity index (χ3n) is 2.98. The number of rotatable bonds is 5. The number of hydrogen-bond acceptors (Lipinski definition) is 2. The third-order valence-corrected chi connectivity index (χ3v) is 3.51. The number of hydrogen-bond donors (Lipinski definition) is 0. The van der Waals surface area contributed by atoms with Crippen molar-refractivity contribution in [3.05, 3.63) is 34.3 Å². The first kappa shape index (κ1) is 11.8. The zero-order valence-electron chi connectivity index (χ0n) is 9.45. The molecule has 1 fully saturated rings. The molecular weight excluding hydrogens is 266 g/mol. The van der Waals surface area contributed by atoms with Gasteiger partial charge in [0.1, 0.15) is 0 Å². The lowest BCUT2D eigenvalue weighted by atomic mass is 10.1. The lowest BCUT2D eigenvalue weighted by Gasteiger charge is -2.18. The van der Waals surface area contributed by atoms with Gasteiger partial charge in [0.05, 0.1) is 6.54 Å². The van der Waals surface area contributed by atoms with Crippen molar-refractivity contribution in [3.8, 4) is 0 Å². The van der Waals surface area contributed by atoms with Crippen LogP contribution in [0.3, 0.4) is 0 Å². The molecule has 1 aliphatic carbocycles. The van der Waals surface area contributed by atoms with Crippen LogP contribution in [0.4, 0.5) is 0 Å². The fourth-order valence-electron chi connectivity index (χ4n) is 1.85. The summed E-state index contributed by atoms with van der Waals surface area (Å²) in [5.74, 6) is 0.223. The average molecular weight is 282 g/mol. The maximum Gasteiger partial charge on any atom is 0.176 e. The molecule has 1 aliphatic rings. The quantitative estimate of drug-likeness (QED) is 0.773. The summed E-state index contributed by atoms with van der Waals surface area (Å²) < 4.78 is 1.01. The van der Waals surface area contributed by atoms with Crippen molar-refractivity contribution in [2.24, 2.45) is 0 Å². The van der Waals surface area contributed by atoms with Gasteiger partial charge in [0.25, 0.3) is 0 Å². The van der Waals surface area contributed by atoms with E-state index in [4.69, 9.17) is 0 Å². The van der Waals surface area contributed by atoms with Gasteiger partial charge in [-0.1, -0.05) is 35.0 Å². The number of Topliss-reactive ketones (excluding diaryl/α,β-unsaturated/α-hetero) is 1. The second-order valence-electron chi connectivity index (χ2n) is 4.22. The summed E-state index contributed by atoms with van der Waals surface area (Å²) in [6.45, 7) is 3.64. The molecule has 16 heavy (non-hydrogen) atoms. The monoisotopic (exact) mass is 281 g/mol. The fourth-order valence-corrected chi connectivity index (χ4v) is 2.11. The van der Waals surface area contributed by atoms with Crippen molar-refractivity contribution in [2.75, 3.05) is 13.1 Å². The van der Waals surface area contributed by atoms with E-state index in [0.717, 1.165) is 16.6 Å². The SMILES string of the molecule is CCN(CC(=O)c1ccc(Br)cc1)C1CC1. The predicted molar refractivity (Wildman–Crippen MR) is 68.7 cm³/mol. The van der Waals surface area contributed by atoms with Crippen LogP contribution in [0.5, 0.6) is 0 Å². The molecule has 0 radical (unpaired) electrons. The molecule has 0 aromatic heterocycles. The number of nitrogens with zero attached hydrogens (tertiary/aromatic N) is 1. The molecule has 0 spiro atoms. The molecule has 2 nitrogen and oxygen atoms in total. The van der Waals surface area contributed by atoms with E-state index in [2.05, 4.69) is 27.8 Å². The Morgan fingerprint density at radius 1 is 1.38 bits per heavy atom. The van der Waals surface area contributed by atoms with Crippen molar-refractivity contribution in [3.63, 3.8) is 0 Å². The van der Waals surface area contributed by atoms with E-state index >= 15 is 0 Å². The van der Waals surface area contributed by atoms with E-state index < -0.39 is 0 Å². The van der Waals surface area contributed by atoms with Crippen LogP contribution in [0.25, 0.3) is 0 Å². The number of benzene rings is 1. The third kappa shape index (κ3) is 2.92. The van der Waals surface area contributed by atoms with Crippen LogP contribution >= 0.6 is 15.9 Å². The molecule has 0 atom stereocenters. The highest BCUT2D eigenvalue weighted by molar-refractivity contribution is 9.10. The highest BCUT2D eigenvalue weighted by Crippen LogP contribution is 2.26. The first-order valence-corrected chi connectivity index (χ1v) is 6.53. The highest BCUT2D eigenvalue weighted by atomic mass is 79.9. The van der Waals surface area contributed by atoms with Crippen LogP contribution in [0.2, 0.25) is 0 Å². The Bertz CT molecular complexity index is 370. The maximum atomic E-state index is 12.0. The minimum Gasteiger partial charge on any atom is -0.293 e. The summed E-state index contributed by atoms with van der Waals surface area (Å²) in [5, 5.41) is 0. The Kier molecular flexibility index (Phi) is 3.77. The van der Waals surface area contributed by atoms with Crippen LogP contribution in [0.1, 0.15) is 30.1 Å². The van der Waals surface area contributed by atoms with E-state index in [0.29, 0.717) is 12.6 Å². The normalized spacial score (nSPS) is 15.4. The second-order valence-corrected chi connectivity index (χ2v) is 5.14. The molecule has 0 N–H and O–H groups in total. The summed E-state index contributed by atoms with van der Waals surface area (Å²) in [7, 11) is 0. The molecule has 1 aromatic carbocycles. The molecule has 1 saturated carbocycles. The van der Waals surface area contributed by atoms with Crippen molar-refractivity contribution >= 4 is 21.7 Å². The lowest BCUT2D eigenvalue weighted by molar-refractivity contribution is 0.0928. The molecule has 0 heterocycles.